The third-order valence-corrected chi connectivity index (χ3v) is 6.40. The maximum absolute atomic E-state index is 12.6. The van der Waals surface area contributed by atoms with Crippen molar-refractivity contribution in [3.8, 4) is 0 Å². The van der Waals surface area contributed by atoms with E-state index in [1.54, 1.807) is 0 Å². The van der Waals surface area contributed by atoms with Gasteiger partial charge in [-0.2, -0.15) is 0 Å². The van der Waals surface area contributed by atoms with Gasteiger partial charge in [-0.05, 0) is 59.7 Å². The number of rotatable bonds is 5. The van der Waals surface area contributed by atoms with Crippen LogP contribution in [0.5, 0.6) is 0 Å². The second kappa shape index (κ2) is 8.31. The number of amides is 1. The van der Waals surface area contributed by atoms with Crippen molar-refractivity contribution in [2.75, 3.05) is 19.6 Å². The minimum absolute atomic E-state index is 0.254. The molecule has 1 fully saturated rings. The van der Waals surface area contributed by atoms with E-state index >= 15 is 0 Å². The maximum atomic E-state index is 12.6. The number of fused-ring (bicyclic) bond motifs is 1. The third-order valence-electron chi connectivity index (χ3n) is 6.40. The predicted molar refractivity (Wildman–Crippen MR) is 123 cm³/mol. The first-order chi connectivity index (χ1) is 14.8. The van der Waals surface area contributed by atoms with Gasteiger partial charge in [-0.3, -0.25) is 9.79 Å². The molecule has 2 aromatic carbocycles. The first kappa shape index (κ1) is 18.9. The normalized spacial score (nSPS) is 16.9. The molecule has 5 rings (SSSR count). The van der Waals surface area contributed by atoms with Gasteiger partial charge in [0.15, 0.2) is 0 Å². The summed E-state index contributed by atoms with van der Waals surface area (Å²) in [5.41, 5.74) is 4.95. The van der Waals surface area contributed by atoms with Crippen LogP contribution in [0.4, 0.5) is 0 Å². The number of hydrogen-bond acceptors (Lipinski definition) is 2. The highest BCUT2D eigenvalue weighted by Gasteiger charge is 2.23. The van der Waals surface area contributed by atoms with E-state index in [9.17, 15) is 4.79 Å². The quantitative estimate of drug-likeness (QED) is 0.620. The van der Waals surface area contributed by atoms with Crippen LogP contribution in [0.2, 0.25) is 0 Å². The fourth-order valence-electron chi connectivity index (χ4n) is 4.62. The number of aromatic nitrogens is 1. The molecule has 4 nitrogen and oxygen atoms in total. The van der Waals surface area contributed by atoms with E-state index in [1.807, 2.05) is 41.4 Å². The van der Waals surface area contributed by atoms with Gasteiger partial charge in [0.05, 0.1) is 13.0 Å². The highest BCUT2D eigenvalue weighted by molar-refractivity contribution is 5.92. The van der Waals surface area contributed by atoms with Crippen LogP contribution in [0.1, 0.15) is 24.0 Å². The molecule has 2 aliphatic heterocycles. The summed E-state index contributed by atoms with van der Waals surface area (Å²) < 4.78 is 2.38. The lowest BCUT2D eigenvalue weighted by Gasteiger charge is -2.32. The molecule has 1 saturated heterocycles. The second-order valence-electron chi connectivity index (χ2n) is 8.41. The van der Waals surface area contributed by atoms with Crippen LogP contribution in [0.25, 0.3) is 16.5 Å². The van der Waals surface area contributed by atoms with Crippen molar-refractivity contribution in [1.29, 1.82) is 0 Å². The van der Waals surface area contributed by atoms with Gasteiger partial charge >= 0.3 is 0 Å². The van der Waals surface area contributed by atoms with Gasteiger partial charge in [0.25, 0.3) is 0 Å². The zero-order valence-corrected chi connectivity index (χ0v) is 17.2. The monoisotopic (exact) mass is 397 g/mol. The predicted octanol–water partition coefficient (Wildman–Crippen LogP) is 4.59. The molecule has 4 heteroatoms. The molecule has 3 heterocycles. The number of carbonyl (C=O) groups is 1. The van der Waals surface area contributed by atoms with Gasteiger partial charge < -0.3 is 9.47 Å². The summed E-state index contributed by atoms with van der Waals surface area (Å²) in [7, 11) is 0. The molecule has 0 aliphatic carbocycles. The van der Waals surface area contributed by atoms with Crippen LogP contribution in [-0.2, 0) is 17.8 Å². The van der Waals surface area contributed by atoms with E-state index in [0.29, 0.717) is 12.3 Å². The van der Waals surface area contributed by atoms with Crippen molar-refractivity contribution in [3.05, 3.63) is 78.0 Å². The number of carbonyl (C=O) groups excluding carboxylic acids is 1. The number of piperidine rings is 1. The van der Waals surface area contributed by atoms with Crippen LogP contribution in [-0.4, -0.2) is 41.2 Å². The fourth-order valence-corrected chi connectivity index (χ4v) is 4.62. The SMILES string of the molecule is O=C(Cc1ccccc1)N1CCC(Cn2ccc3cc(C4=CC=NC4)ccc32)CC1. The minimum atomic E-state index is 0.254. The average Bonchev–Trinajstić information content (AvgIpc) is 3.45. The first-order valence-corrected chi connectivity index (χ1v) is 10.9. The molecular formula is C26H27N3O. The van der Waals surface area contributed by atoms with E-state index in [-0.39, 0.29) is 5.91 Å². The van der Waals surface area contributed by atoms with Crippen molar-refractivity contribution in [2.24, 2.45) is 10.9 Å². The van der Waals surface area contributed by atoms with Gasteiger partial charge in [0.2, 0.25) is 5.91 Å². The van der Waals surface area contributed by atoms with Crippen LogP contribution < -0.4 is 0 Å². The van der Waals surface area contributed by atoms with Crippen molar-refractivity contribution in [3.63, 3.8) is 0 Å². The summed E-state index contributed by atoms with van der Waals surface area (Å²) in [6.45, 7) is 3.55. The summed E-state index contributed by atoms with van der Waals surface area (Å²) in [5, 5.41) is 1.29. The first-order valence-electron chi connectivity index (χ1n) is 10.9. The summed E-state index contributed by atoms with van der Waals surface area (Å²) in [5.74, 6) is 0.871. The Labute approximate surface area is 177 Å². The minimum Gasteiger partial charge on any atom is -0.347 e. The summed E-state index contributed by atoms with van der Waals surface area (Å²) in [6.07, 6.45) is 8.86. The zero-order valence-electron chi connectivity index (χ0n) is 17.2. The van der Waals surface area contributed by atoms with E-state index in [4.69, 9.17) is 0 Å². The number of hydrogen-bond donors (Lipinski definition) is 0. The van der Waals surface area contributed by atoms with E-state index in [0.717, 1.165) is 44.6 Å². The summed E-state index contributed by atoms with van der Waals surface area (Å²) >= 11 is 0. The van der Waals surface area contributed by atoms with Crippen LogP contribution >= 0.6 is 0 Å². The van der Waals surface area contributed by atoms with E-state index in [1.165, 1.54) is 22.0 Å². The van der Waals surface area contributed by atoms with Gasteiger partial charge in [0.1, 0.15) is 0 Å². The highest BCUT2D eigenvalue weighted by Crippen LogP contribution is 2.26. The average molecular weight is 398 g/mol. The molecule has 1 aromatic heterocycles. The van der Waals surface area contributed by atoms with Gasteiger partial charge in [-0.15, -0.1) is 0 Å². The fraction of sp³-hybridized carbons (Fsp3) is 0.308. The van der Waals surface area contributed by atoms with Crippen molar-refractivity contribution < 1.29 is 4.79 Å². The molecule has 0 spiro atoms. The highest BCUT2D eigenvalue weighted by atomic mass is 16.2. The van der Waals surface area contributed by atoms with Crippen molar-refractivity contribution in [2.45, 2.75) is 25.8 Å². The Morgan fingerprint density at radius 2 is 1.87 bits per heavy atom. The molecule has 0 saturated carbocycles. The standard InChI is InChI=1S/C26H27N3O/c30-26(16-20-4-2-1-3-5-20)28-13-9-21(10-14-28)19-29-15-11-23-17-22(6-7-25(23)29)24-8-12-27-18-24/h1-8,11-12,15,17,21H,9-10,13-14,16,18-19H2. The second-order valence-corrected chi connectivity index (χ2v) is 8.41. The Kier molecular flexibility index (Phi) is 5.22. The van der Waals surface area contributed by atoms with Crippen LogP contribution in [0, 0.1) is 5.92 Å². The number of allylic oxidation sites excluding steroid dienone is 1. The molecule has 0 radical (unpaired) electrons. The Morgan fingerprint density at radius 3 is 2.63 bits per heavy atom. The largest absolute Gasteiger partial charge is 0.347 e. The lowest BCUT2D eigenvalue weighted by atomic mass is 9.96. The molecule has 2 aliphatic rings. The van der Waals surface area contributed by atoms with Gasteiger partial charge in [0, 0.05) is 42.9 Å². The van der Waals surface area contributed by atoms with Crippen LogP contribution in [0.15, 0.2) is 71.9 Å². The molecule has 30 heavy (non-hydrogen) atoms. The maximum Gasteiger partial charge on any atom is 0.226 e. The van der Waals surface area contributed by atoms with Crippen molar-refractivity contribution in [1.82, 2.24) is 9.47 Å². The van der Waals surface area contributed by atoms with E-state index in [2.05, 4.69) is 46.1 Å². The molecule has 152 valence electrons. The Bertz CT molecular complexity index is 1100. The molecule has 0 unspecified atom stereocenters. The molecule has 0 N–H and O–H groups in total. The molecule has 1 amide bonds. The molecule has 0 bridgehead atoms. The summed E-state index contributed by atoms with van der Waals surface area (Å²) in [4.78, 5) is 19.0. The lowest BCUT2D eigenvalue weighted by Crippen LogP contribution is -2.40. The topological polar surface area (TPSA) is 37.6 Å². The van der Waals surface area contributed by atoms with Crippen LogP contribution in [0.3, 0.4) is 0 Å². The molecule has 0 atom stereocenters. The van der Waals surface area contributed by atoms with Gasteiger partial charge in [-0.25, -0.2) is 0 Å². The third kappa shape index (κ3) is 3.95. The molecule has 3 aromatic rings. The Hall–Kier alpha value is -3.14. The Balaban J connectivity index is 1.19. The number of likely N-dealkylation sites (tertiary alicyclic amines) is 1. The number of nitrogens with zero attached hydrogens (tertiary/aromatic N) is 3. The van der Waals surface area contributed by atoms with Gasteiger partial charge in [-0.1, -0.05) is 36.4 Å². The summed E-state index contributed by atoms with van der Waals surface area (Å²) in [6, 6.07) is 19.0. The number of aliphatic imine (C=N–C) groups is 1. The smallest absolute Gasteiger partial charge is 0.226 e. The lowest BCUT2D eigenvalue weighted by molar-refractivity contribution is -0.131. The Morgan fingerprint density at radius 1 is 1.03 bits per heavy atom. The number of benzene rings is 2. The molecular weight excluding hydrogens is 370 g/mol. The zero-order chi connectivity index (χ0) is 20.3. The van der Waals surface area contributed by atoms with Crippen molar-refractivity contribution >= 4 is 28.6 Å². The van der Waals surface area contributed by atoms with E-state index < -0.39 is 0 Å².